The maximum absolute atomic E-state index is 13.4. The Morgan fingerprint density at radius 2 is 1.52 bits per heavy atom. The van der Waals surface area contributed by atoms with Gasteiger partial charge in [-0.2, -0.15) is 0 Å². The van der Waals surface area contributed by atoms with Crippen LogP contribution in [0.2, 0.25) is 0 Å². The van der Waals surface area contributed by atoms with Crippen LogP contribution in [0.3, 0.4) is 0 Å². The zero-order valence-corrected chi connectivity index (χ0v) is 11.8. The number of rotatable bonds is 1. The van der Waals surface area contributed by atoms with Gasteiger partial charge in [0.25, 0.3) is 0 Å². The smallest absolute Gasteiger partial charge is 0.161 e. The minimum Gasteiger partial charge on any atom is -0.341 e. The molecule has 1 aromatic carbocycles. The third kappa shape index (κ3) is 1.65. The van der Waals surface area contributed by atoms with Gasteiger partial charge < -0.3 is 4.98 Å². The van der Waals surface area contributed by atoms with Crippen molar-refractivity contribution >= 4 is 11.0 Å². The van der Waals surface area contributed by atoms with Crippen molar-refractivity contribution in [3.05, 3.63) is 29.6 Å². The van der Waals surface area contributed by atoms with E-state index in [9.17, 15) is 8.78 Å². The number of H-pyrrole nitrogens is 1. The molecule has 4 aliphatic carbocycles. The summed E-state index contributed by atoms with van der Waals surface area (Å²) in [5, 5.41) is 0. The summed E-state index contributed by atoms with van der Waals surface area (Å²) in [6.07, 6.45) is 7.73. The highest BCUT2D eigenvalue weighted by Crippen LogP contribution is 2.60. The fourth-order valence-corrected chi connectivity index (χ4v) is 5.66. The molecule has 2 aromatic rings. The second-order valence-corrected chi connectivity index (χ2v) is 7.57. The van der Waals surface area contributed by atoms with Crippen molar-refractivity contribution in [2.45, 2.75) is 43.9 Å². The Balaban J connectivity index is 1.63. The van der Waals surface area contributed by atoms with Crippen molar-refractivity contribution in [1.29, 1.82) is 0 Å². The summed E-state index contributed by atoms with van der Waals surface area (Å²) in [6.45, 7) is 0. The number of nitrogens with one attached hydrogen (secondary N) is 1. The van der Waals surface area contributed by atoms with Gasteiger partial charge in [-0.25, -0.2) is 13.8 Å². The molecule has 0 amide bonds. The summed E-state index contributed by atoms with van der Waals surface area (Å²) in [6, 6.07) is 2.45. The van der Waals surface area contributed by atoms with E-state index in [0.29, 0.717) is 11.0 Å². The molecule has 0 aliphatic heterocycles. The molecule has 110 valence electrons. The Kier molecular flexibility index (Phi) is 2.22. The van der Waals surface area contributed by atoms with Crippen molar-refractivity contribution in [1.82, 2.24) is 9.97 Å². The molecule has 21 heavy (non-hydrogen) atoms. The van der Waals surface area contributed by atoms with Gasteiger partial charge >= 0.3 is 0 Å². The van der Waals surface area contributed by atoms with Crippen LogP contribution in [0.25, 0.3) is 11.0 Å². The van der Waals surface area contributed by atoms with Crippen molar-refractivity contribution in [2.75, 3.05) is 0 Å². The second kappa shape index (κ2) is 3.84. The number of fused-ring (bicyclic) bond motifs is 1. The van der Waals surface area contributed by atoms with Crippen LogP contribution in [0.5, 0.6) is 0 Å². The van der Waals surface area contributed by atoms with Crippen LogP contribution in [-0.4, -0.2) is 9.97 Å². The number of hydrogen-bond acceptors (Lipinski definition) is 1. The molecule has 6 rings (SSSR count). The topological polar surface area (TPSA) is 28.7 Å². The largest absolute Gasteiger partial charge is 0.341 e. The van der Waals surface area contributed by atoms with Crippen LogP contribution in [0.4, 0.5) is 8.78 Å². The maximum Gasteiger partial charge on any atom is 0.161 e. The lowest BCUT2D eigenvalue weighted by atomic mass is 9.49. The molecule has 1 heterocycles. The van der Waals surface area contributed by atoms with Gasteiger partial charge in [0, 0.05) is 17.5 Å². The normalized spacial score (nSPS) is 37.5. The van der Waals surface area contributed by atoms with E-state index in [1.165, 1.54) is 50.7 Å². The SMILES string of the molecule is Fc1cc2nc(C34CC5CC(CC(C5)C3)C4)[nH]c2cc1F. The zero-order valence-electron chi connectivity index (χ0n) is 11.8. The maximum atomic E-state index is 13.4. The van der Waals surface area contributed by atoms with Crippen LogP contribution in [0.1, 0.15) is 44.3 Å². The molecule has 0 atom stereocenters. The molecule has 4 bridgehead atoms. The predicted molar refractivity (Wildman–Crippen MR) is 75.9 cm³/mol. The lowest BCUT2D eigenvalue weighted by Gasteiger charge is -2.55. The molecule has 4 saturated carbocycles. The van der Waals surface area contributed by atoms with Crippen molar-refractivity contribution in [3.8, 4) is 0 Å². The van der Waals surface area contributed by atoms with E-state index in [1.54, 1.807) is 0 Å². The molecule has 0 spiro atoms. The average molecular weight is 288 g/mol. The van der Waals surface area contributed by atoms with E-state index in [-0.39, 0.29) is 5.41 Å². The standard InChI is InChI=1S/C17H18F2N2/c18-12-4-14-15(5-13(12)19)21-16(20-14)17-6-9-1-10(7-17)3-11(2-9)8-17/h4-5,9-11H,1-3,6-8H2,(H,20,21). The molecular weight excluding hydrogens is 270 g/mol. The molecule has 4 aliphatic rings. The number of halogens is 2. The lowest BCUT2D eigenvalue weighted by molar-refractivity contribution is -0.00887. The van der Waals surface area contributed by atoms with Gasteiger partial charge in [0.05, 0.1) is 11.0 Å². The quantitative estimate of drug-likeness (QED) is 0.832. The first-order valence-electron chi connectivity index (χ1n) is 7.96. The van der Waals surface area contributed by atoms with Gasteiger partial charge in [-0.05, 0) is 56.3 Å². The summed E-state index contributed by atoms with van der Waals surface area (Å²) in [4.78, 5) is 7.95. The minimum atomic E-state index is -0.814. The van der Waals surface area contributed by atoms with Crippen LogP contribution in [0.15, 0.2) is 12.1 Å². The van der Waals surface area contributed by atoms with Gasteiger partial charge in [-0.15, -0.1) is 0 Å². The van der Waals surface area contributed by atoms with Crippen LogP contribution in [-0.2, 0) is 5.41 Å². The highest BCUT2D eigenvalue weighted by Gasteiger charge is 2.53. The summed E-state index contributed by atoms with van der Waals surface area (Å²) in [5.74, 6) is 1.85. The molecule has 0 radical (unpaired) electrons. The van der Waals surface area contributed by atoms with E-state index in [4.69, 9.17) is 0 Å². The highest BCUT2D eigenvalue weighted by molar-refractivity contribution is 5.75. The molecule has 1 N–H and O–H groups in total. The molecular formula is C17H18F2N2. The number of hydrogen-bond donors (Lipinski definition) is 1. The fraction of sp³-hybridized carbons (Fsp3) is 0.588. The Morgan fingerprint density at radius 1 is 0.952 bits per heavy atom. The molecule has 0 saturated heterocycles. The van der Waals surface area contributed by atoms with E-state index < -0.39 is 11.6 Å². The second-order valence-electron chi connectivity index (χ2n) is 7.57. The number of nitrogens with zero attached hydrogens (tertiary/aromatic N) is 1. The van der Waals surface area contributed by atoms with E-state index >= 15 is 0 Å². The molecule has 2 nitrogen and oxygen atoms in total. The Hall–Kier alpha value is -1.45. The van der Waals surface area contributed by atoms with Crippen LogP contribution >= 0.6 is 0 Å². The molecule has 4 heteroatoms. The van der Waals surface area contributed by atoms with Crippen molar-refractivity contribution in [2.24, 2.45) is 17.8 Å². The molecule has 4 fully saturated rings. The molecule has 0 unspecified atom stereocenters. The first kappa shape index (κ1) is 12.1. The number of benzene rings is 1. The predicted octanol–water partition coefficient (Wildman–Crippen LogP) is 4.31. The van der Waals surface area contributed by atoms with Gasteiger partial charge in [0.2, 0.25) is 0 Å². The summed E-state index contributed by atoms with van der Waals surface area (Å²) < 4.78 is 26.8. The Bertz CT molecular complexity index is 659. The van der Waals surface area contributed by atoms with Crippen molar-refractivity contribution < 1.29 is 8.78 Å². The lowest BCUT2D eigenvalue weighted by Crippen LogP contribution is -2.49. The first-order chi connectivity index (χ1) is 10.1. The highest BCUT2D eigenvalue weighted by atomic mass is 19.2. The zero-order chi connectivity index (χ0) is 14.2. The molecule has 1 aromatic heterocycles. The van der Waals surface area contributed by atoms with Gasteiger partial charge in [0.1, 0.15) is 5.82 Å². The van der Waals surface area contributed by atoms with Gasteiger partial charge in [-0.1, -0.05) is 0 Å². The summed E-state index contributed by atoms with van der Waals surface area (Å²) >= 11 is 0. The van der Waals surface area contributed by atoms with Crippen LogP contribution in [0, 0.1) is 29.4 Å². The van der Waals surface area contributed by atoms with Gasteiger partial charge in [-0.3, -0.25) is 0 Å². The van der Waals surface area contributed by atoms with E-state index in [2.05, 4.69) is 9.97 Å². The summed E-state index contributed by atoms with van der Waals surface area (Å²) in [7, 11) is 0. The fourth-order valence-electron chi connectivity index (χ4n) is 5.66. The Morgan fingerprint density at radius 3 is 2.14 bits per heavy atom. The van der Waals surface area contributed by atoms with E-state index in [0.717, 1.165) is 23.6 Å². The Labute approximate surface area is 122 Å². The third-order valence-electron chi connectivity index (χ3n) is 6.06. The third-order valence-corrected chi connectivity index (χ3v) is 6.06. The van der Waals surface area contributed by atoms with Gasteiger partial charge in [0.15, 0.2) is 11.6 Å². The number of aromatic nitrogens is 2. The monoisotopic (exact) mass is 288 g/mol. The summed E-state index contributed by atoms with van der Waals surface area (Å²) in [5.41, 5.74) is 1.32. The average Bonchev–Trinajstić information content (AvgIpc) is 2.81. The first-order valence-corrected chi connectivity index (χ1v) is 7.96. The number of imidazole rings is 1. The number of aromatic amines is 1. The van der Waals surface area contributed by atoms with Crippen molar-refractivity contribution in [3.63, 3.8) is 0 Å². The van der Waals surface area contributed by atoms with E-state index in [1.807, 2.05) is 0 Å². The van der Waals surface area contributed by atoms with Crippen LogP contribution < -0.4 is 0 Å². The minimum absolute atomic E-state index is 0.140.